The summed E-state index contributed by atoms with van der Waals surface area (Å²) in [6.45, 7) is 1.69. The van der Waals surface area contributed by atoms with Gasteiger partial charge in [-0.1, -0.05) is 6.07 Å². The Labute approximate surface area is 120 Å². The van der Waals surface area contributed by atoms with Crippen molar-refractivity contribution in [1.82, 2.24) is 10.3 Å². The standard InChI is InChI=1S/C15H14F2N2O2/c1-9-2-3-11(7-18-9)15(21)19-8-14(20)10-4-5-12(16)13(17)6-10/h2-7,14,20H,8H2,1H3,(H,19,21)/t14-/m1/s1. The number of carbonyl (C=O) groups is 1. The molecule has 0 bridgehead atoms. The number of halogens is 2. The van der Waals surface area contributed by atoms with E-state index in [-0.39, 0.29) is 12.1 Å². The molecule has 0 spiro atoms. The molecule has 2 aromatic rings. The topological polar surface area (TPSA) is 62.2 Å². The van der Waals surface area contributed by atoms with E-state index in [1.807, 2.05) is 0 Å². The number of nitrogens with one attached hydrogen (secondary N) is 1. The molecule has 110 valence electrons. The van der Waals surface area contributed by atoms with Gasteiger partial charge in [0.1, 0.15) is 0 Å². The highest BCUT2D eigenvalue weighted by Gasteiger charge is 2.13. The van der Waals surface area contributed by atoms with Gasteiger partial charge in [-0.05, 0) is 36.8 Å². The first-order chi connectivity index (χ1) is 9.97. The van der Waals surface area contributed by atoms with Crippen LogP contribution in [-0.4, -0.2) is 22.5 Å². The van der Waals surface area contributed by atoms with Gasteiger partial charge in [-0.15, -0.1) is 0 Å². The van der Waals surface area contributed by atoms with Gasteiger partial charge in [-0.25, -0.2) is 8.78 Å². The molecule has 6 heteroatoms. The molecule has 0 radical (unpaired) electrons. The van der Waals surface area contributed by atoms with E-state index < -0.39 is 23.6 Å². The van der Waals surface area contributed by atoms with Crippen LogP contribution in [0.3, 0.4) is 0 Å². The average Bonchev–Trinajstić information content (AvgIpc) is 2.48. The van der Waals surface area contributed by atoms with E-state index in [4.69, 9.17) is 0 Å². The first-order valence-electron chi connectivity index (χ1n) is 6.31. The lowest BCUT2D eigenvalue weighted by atomic mass is 10.1. The number of hydrogen-bond donors (Lipinski definition) is 2. The molecular formula is C15H14F2N2O2. The van der Waals surface area contributed by atoms with Crippen molar-refractivity contribution in [3.63, 3.8) is 0 Å². The Morgan fingerprint density at radius 1 is 1.29 bits per heavy atom. The first kappa shape index (κ1) is 15.1. The third-order valence-electron chi connectivity index (χ3n) is 2.96. The van der Waals surface area contributed by atoms with Crippen LogP contribution in [0, 0.1) is 18.6 Å². The molecule has 0 fully saturated rings. The summed E-state index contributed by atoms with van der Waals surface area (Å²) in [5.41, 5.74) is 1.34. The summed E-state index contributed by atoms with van der Waals surface area (Å²) in [4.78, 5) is 15.8. The molecule has 1 heterocycles. The Morgan fingerprint density at radius 3 is 2.67 bits per heavy atom. The van der Waals surface area contributed by atoms with Gasteiger partial charge < -0.3 is 10.4 Å². The van der Waals surface area contributed by atoms with Gasteiger partial charge in [0.25, 0.3) is 5.91 Å². The molecule has 1 atom stereocenters. The maximum Gasteiger partial charge on any atom is 0.252 e. The van der Waals surface area contributed by atoms with Crippen molar-refractivity contribution < 1.29 is 18.7 Å². The highest BCUT2D eigenvalue weighted by atomic mass is 19.2. The zero-order valence-electron chi connectivity index (χ0n) is 11.3. The molecule has 21 heavy (non-hydrogen) atoms. The van der Waals surface area contributed by atoms with E-state index in [1.165, 1.54) is 12.3 Å². The molecular weight excluding hydrogens is 278 g/mol. The van der Waals surface area contributed by atoms with Crippen LogP contribution in [0.2, 0.25) is 0 Å². The molecule has 0 aliphatic heterocycles. The molecule has 2 N–H and O–H groups in total. The predicted molar refractivity (Wildman–Crippen MR) is 72.6 cm³/mol. The van der Waals surface area contributed by atoms with Crippen molar-refractivity contribution in [3.05, 3.63) is 65.0 Å². The average molecular weight is 292 g/mol. The smallest absolute Gasteiger partial charge is 0.252 e. The molecule has 0 unspecified atom stereocenters. The van der Waals surface area contributed by atoms with Gasteiger partial charge in [0.05, 0.1) is 11.7 Å². The van der Waals surface area contributed by atoms with Crippen LogP contribution in [0.15, 0.2) is 36.5 Å². The fraction of sp³-hybridized carbons (Fsp3) is 0.200. The van der Waals surface area contributed by atoms with E-state index in [0.29, 0.717) is 5.56 Å². The lowest BCUT2D eigenvalue weighted by Crippen LogP contribution is -2.28. The van der Waals surface area contributed by atoms with E-state index in [1.54, 1.807) is 19.1 Å². The second kappa shape index (κ2) is 6.41. The van der Waals surface area contributed by atoms with Crippen LogP contribution in [0.4, 0.5) is 8.78 Å². The van der Waals surface area contributed by atoms with Crippen molar-refractivity contribution in [2.45, 2.75) is 13.0 Å². The quantitative estimate of drug-likeness (QED) is 0.907. The van der Waals surface area contributed by atoms with Crippen LogP contribution in [0.1, 0.15) is 27.7 Å². The Kier molecular flexibility index (Phi) is 4.59. The predicted octanol–water partition coefficient (Wildman–Crippen LogP) is 2.13. The minimum Gasteiger partial charge on any atom is -0.387 e. The third-order valence-corrected chi connectivity index (χ3v) is 2.96. The molecule has 2 rings (SSSR count). The Morgan fingerprint density at radius 2 is 2.05 bits per heavy atom. The SMILES string of the molecule is Cc1ccc(C(=O)NC[C@@H](O)c2ccc(F)c(F)c2)cn1. The summed E-state index contributed by atoms with van der Waals surface area (Å²) in [5.74, 6) is -2.43. The zero-order valence-corrected chi connectivity index (χ0v) is 11.3. The Hall–Kier alpha value is -2.34. The number of aromatic nitrogens is 1. The zero-order chi connectivity index (χ0) is 15.4. The molecule has 1 aromatic carbocycles. The molecule has 0 saturated carbocycles. The maximum absolute atomic E-state index is 13.1. The van der Waals surface area contributed by atoms with Crippen molar-refractivity contribution >= 4 is 5.91 Å². The lowest BCUT2D eigenvalue weighted by molar-refractivity contribution is 0.0915. The summed E-state index contributed by atoms with van der Waals surface area (Å²) in [6, 6.07) is 6.41. The summed E-state index contributed by atoms with van der Waals surface area (Å²) in [7, 11) is 0. The highest BCUT2D eigenvalue weighted by molar-refractivity contribution is 5.93. The molecule has 1 aromatic heterocycles. The normalized spacial score (nSPS) is 12.0. The van der Waals surface area contributed by atoms with E-state index in [2.05, 4.69) is 10.3 Å². The number of hydrogen-bond acceptors (Lipinski definition) is 3. The second-order valence-electron chi connectivity index (χ2n) is 4.59. The van der Waals surface area contributed by atoms with Crippen molar-refractivity contribution in [2.24, 2.45) is 0 Å². The molecule has 0 saturated heterocycles. The number of aliphatic hydroxyl groups is 1. The minimum absolute atomic E-state index is 0.113. The molecule has 4 nitrogen and oxygen atoms in total. The largest absolute Gasteiger partial charge is 0.387 e. The highest BCUT2D eigenvalue weighted by Crippen LogP contribution is 2.15. The summed E-state index contributed by atoms with van der Waals surface area (Å²) in [5, 5.41) is 12.4. The van der Waals surface area contributed by atoms with Crippen LogP contribution in [-0.2, 0) is 0 Å². The van der Waals surface area contributed by atoms with Gasteiger partial charge in [0.2, 0.25) is 0 Å². The fourth-order valence-corrected chi connectivity index (χ4v) is 1.73. The Balaban J connectivity index is 1.97. The molecule has 0 aliphatic rings. The number of aryl methyl sites for hydroxylation is 1. The monoisotopic (exact) mass is 292 g/mol. The number of aliphatic hydroxyl groups excluding tert-OH is 1. The maximum atomic E-state index is 13.1. The van der Waals surface area contributed by atoms with Gasteiger partial charge in [-0.3, -0.25) is 9.78 Å². The van der Waals surface area contributed by atoms with Crippen LogP contribution < -0.4 is 5.32 Å². The van der Waals surface area contributed by atoms with Crippen molar-refractivity contribution in [1.29, 1.82) is 0 Å². The van der Waals surface area contributed by atoms with Gasteiger partial charge >= 0.3 is 0 Å². The van der Waals surface area contributed by atoms with Gasteiger partial charge in [0, 0.05) is 18.4 Å². The van der Waals surface area contributed by atoms with E-state index >= 15 is 0 Å². The van der Waals surface area contributed by atoms with Crippen LogP contribution in [0.25, 0.3) is 0 Å². The number of carbonyl (C=O) groups excluding carboxylic acids is 1. The van der Waals surface area contributed by atoms with Crippen molar-refractivity contribution in [3.8, 4) is 0 Å². The van der Waals surface area contributed by atoms with Crippen molar-refractivity contribution in [2.75, 3.05) is 6.54 Å². The summed E-state index contributed by atoms with van der Waals surface area (Å²) < 4.78 is 25.9. The van der Waals surface area contributed by atoms with E-state index in [0.717, 1.165) is 17.8 Å². The number of benzene rings is 1. The van der Waals surface area contributed by atoms with Crippen LogP contribution >= 0.6 is 0 Å². The second-order valence-corrected chi connectivity index (χ2v) is 4.59. The summed E-state index contributed by atoms with van der Waals surface area (Å²) in [6.07, 6.45) is 0.302. The third kappa shape index (κ3) is 3.82. The summed E-state index contributed by atoms with van der Waals surface area (Å²) >= 11 is 0. The minimum atomic E-state index is -1.12. The molecule has 1 amide bonds. The Bertz CT molecular complexity index is 645. The van der Waals surface area contributed by atoms with Gasteiger partial charge in [0.15, 0.2) is 11.6 Å². The first-order valence-corrected chi connectivity index (χ1v) is 6.31. The number of amides is 1. The van der Waals surface area contributed by atoms with Gasteiger partial charge in [-0.2, -0.15) is 0 Å². The molecule has 0 aliphatic carbocycles. The van der Waals surface area contributed by atoms with Crippen LogP contribution in [0.5, 0.6) is 0 Å². The fourth-order valence-electron chi connectivity index (χ4n) is 1.73. The lowest BCUT2D eigenvalue weighted by Gasteiger charge is -2.12. The number of pyridine rings is 1. The van der Waals surface area contributed by atoms with E-state index in [9.17, 15) is 18.7 Å². The number of rotatable bonds is 4. The number of nitrogens with zero attached hydrogens (tertiary/aromatic N) is 1.